The van der Waals surface area contributed by atoms with Crippen LogP contribution in [0, 0.1) is 12.7 Å². The quantitative estimate of drug-likeness (QED) is 0.513. The minimum atomic E-state index is -0.292. The van der Waals surface area contributed by atoms with Crippen LogP contribution in [0.5, 0.6) is 5.75 Å². The molecule has 7 nitrogen and oxygen atoms in total. The van der Waals surface area contributed by atoms with Crippen LogP contribution in [0.3, 0.4) is 0 Å². The van der Waals surface area contributed by atoms with Crippen LogP contribution < -0.4 is 20.3 Å². The van der Waals surface area contributed by atoms with Gasteiger partial charge < -0.3 is 20.3 Å². The number of anilines is 2. The predicted molar refractivity (Wildman–Crippen MR) is 123 cm³/mol. The maximum Gasteiger partial charge on any atom is 0.319 e. The summed E-state index contributed by atoms with van der Waals surface area (Å²) in [5.74, 6) is 1.26. The second kappa shape index (κ2) is 10.1. The van der Waals surface area contributed by atoms with Gasteiger partial charge >= 0.3 is 6.03 Å². The third-order valence-corrected chi connectivity index (χ3v) is 5.21. The molecule has 1 aliphatic heterocycles. The highest BCUT2D eigenvalue weighted by atomic mass is 19.1. The van der Waals surface area contributed by atoms with Crippen molar-refractivity contribution in [3.05, 3.63) is 66.2 Å². The van der Waals surface area contributed by atoms with E-state index in [1.54, 1.807) is 18.3 Å². The summed E-state index contributed by atoms with van der Waals surface area (Å²) >= 11 is 0. The lowest BCUT2D eigenvalue weighted by Gasteiger charge is -2.32. The Hall–Kier alpha value is -3.68. The van der Waals surface area contributed by atoms with Gasteiger partial charge in [-0.1, -0.05) is 12.1 Å². The summed E-state index contributed by atoms with van der Waals surface area (Å²) in [6.45, 7) is 4.78. The molecule has 1 aliphatic rings. The van der Waals surface area contributed by atoms with Crippen LogP contribution in [0.15, 0.2) is 54.7 Å². The molecule has 2 N–H and O–H groups in total. The predicted octanol–water partition coefficient (Wildman–Crippen LogP) is 4.39. The first-order valence-electron chi connectivity index (χ1n) is 10.7. The number of hydrogen-bond acceptors (Lipinski definition) is 5. The van der Waals surface area contributed by atoms with E-state index in [1.807, 2.05) is 31.2 Å². The van der Waals surface area contributed by atoms with Crippen LogP contribution in [0.4, 0.5) is 20.7 Å². The van der Waals surface area contributed by atoms with Crippen molar-refractivity contribution in [3.8, 4) is 17.0 Å². The van der Waals surface area contributed by atoms with E-state index < -0.39 is 0 Å². The van der Waals surface area contributed by atoms with E-state index >= 15 is 0 Å². The molecule has 3 heterocycles. The number of carbonyl (C=O) groups excluding carboxylic acids is 1. The summed E-state index contributed by atoms with van der Waals surface area (Å²) in [6.07, 6.45) is 3.52. The van der Waals surface area contributed by atoms with E-state index in [0.717, 1.165) is 35.9 Å². The molecule has 1 fully saturated rings. The lowest BCUT2D eigenvalue weighted by molar-refractivity contribution is 0.250. The van der Waals surface area contributed by atoms with Gasteiger partial charge in [0, 0.05) is 43.1 Å². The highest BCUT2D eigenvalue weighted by molar-refractivity contribution is 5.89. The summed E-state index contributed by atoms with van der Waals surface area (Å²) in [5.41, 5.74) is 2.87. The fraction of sp³-hybridized carbons (Fsp3) is 0.292. The molecular formula is C24H26FN5O2. The molecule has 1 saturated heterocycles. The zero-order valence-corrected chi connectivity index (χ0v) is 18.0. The maximum absolute atomic E-state index is 13.4. The third-order valence-electron chi connectivity index (χ3n) is 5.21. The Morgan fingerprint density at radius 2 is 2.06 bits per heavy atom. The van der Waals surface area contributed by atoms with E-state index in [0.29, 0.717) is 31.0 Å². The van der Waals surface area contributed by atoms with E-state index in [9.17, 15) is 9.18 Å². The molecule has 4 rings (SSSR count). The van der Waals surface area contributed by atoms with Gasteiger partial charge in [-0.05, 0) is 50.1 Å². The summed E-state index contributed by atoms with van der Waals surface area (Å²) in [6, 6.07) is 13.4. The number of nitrogens with one attached hydrogen (secondary N) is 2. The van der Waals surface area contributed by atoms with E-state index in [-0.39, 0.29) is 11.8 Å². The van der Waals surface area contributed by atoms with Crippen molar-refractivity contribution in [1.82, 2.24) is 15.3 Å². The van der Waals surface area contributed by atoms with Gasteiger partial charge in [0.15, 0.2) is 0 Å². The number of benzene rings is 1. The fourth-order valence-electron chi connectivity index (χ4n) is 3.36. The van der Waals surface area contributed by atoms with Crippen molar-refractivity contribution in [2.75, 3.05) is 36.5 Å². The number of amides is 2. The monoisotopic (exact) mass is 435 g/mol. The zero-order chi connectivity index (χ0) is 22.3. The van der Waals surface area contributed by atoms with Crippen LogP contribution in [-0.2, 0) is 0 Å². The zero-order valence-electron chi connectivity index (χ0n) is 18.0. The number of halogens is 1. The average Bonchev–Trinajstić information content (AvgIpc) is 2.73. The van der Waals surface area contributed by atoms with Crippen LogP contribution in [0.2, 0.25) is 0 Å². The first-order chi connectivity index (χ1) is 15.6. The second-order valence-electron chi connectivity index (χ2n) is 7.62. The largest absolute Gasteiger partial charge is 0.492 e. The lowest BCUT2D eigenvalue weighted by atomic mass is 10.1. The van der Waals surface area contributed by atoms with E-state index in [2.05, 4.69) is 25.5 Å². The topological polar surface area (TPSA) is 79.4 Å². The van der Waals surface area contributed by atoms with Gasteiger partial charge in [-0.2, -0.15) is 0 Å². The maximum atomic E-state index is 13.4. The van der Waals surface area contributed by atoms with Gasteiger partial charge in [0.1, 0.15) is 17.4 Å². The lowest BCUT2D eigenvalue weighted by Crippen LogP contribution is -2.37. The van der Waals surface area contributed by atoms with Gasteiger partial charge in [0.2, 0.25) is 0 Å². The Morgan fingerprint density at radius 3 is 2.81 bits per heavy atom. The number of pyridine rings is 2. The van der Waals surface area contributed by atoms with Crippen LogP contribution in [0.25, 0.3) is 11.3 Å². The number of urea groups is 1. The van der Waals surface area contributed by atoms with Crippen molar-refractivity contribution < 1.29 is 13.9 Å². The number of aryl methyl sites for hydroxylation is 1. The second-order valence-corrected chi connectivity index (χ2v) is 7.62. The highest BCUT2D eigenvalue weighted by Crippen LogP contribution is 2.24. The van der Waals surface area contributed by atoms with Gasteiger partial charge in [-0.3, -0.25) is 0 Å². The molecule has 8 heteroatoms. The smallest absolute Gasteiger partial charge is 0.319 e. The van der Waals surface area contributed by atoms with Gasteiger partial charge in [-0.25, -0.2) is 19.2 Å². The molecule has 1 aromatic carbocycles. The highest BCUT2D eigenvalue weighted by Gasteiger charge is 2.16. The minimum Gasteiger partial charge on any atom is -0.492 e. The Bertz CT molecular complexity index is 1090. The van der Waals surface area contributed by atoms with E-state index in [4.69, 9.17) is 4.74 Å². The SMILES string of the molecule is Cc1nc(-c2cccc(F)c2)ccc1OCCCNC(=O)Nc1ccnc(N2CCC2)c1. The number of rotatable bonds is 8. The molecule has 2 amide bonds. The molecule has 0 aliphatic carbocycles. The molecule has 2 aromatic heterocycles. The number of hydrogen-bond donors (Lipinski definition) is 2. The van der Waals surface area contributed by atoms with Crippen molar-refractivity contribution in [2.24, 2.45) is 0 Å². The minimum absolute atomic E-state index is 0.261. The molecule has 32 heavy (non-hydrogen) atoms. The Kier molecular flexibility index (Phi) is 6.79. The molecule has 0 bridgehead atoms. The summed E-state index contributed by atoms with van der Waals surface area (Å²) in [4.78, 5) is 23.1. The van der Waals surface area contributed by atoms with Gasteiger partial charge in [-0.15, -0.1) is 0 Å². The first kappa shape index (κ1) is 21.5. The van der Waals surface area contributed by atoms with Crippen molar-refractivity contribution in [2.45, 2.75) is 19.8 Å². The molecule has 0 spiro atoms. The standard InChI is InChI=1S/C24H26FN5O2/c1-17-22(8-7-21(28-17)18-5-2-6-19(25)15-18)32-14-3-10-27-24(31)29-20-9-11-26-23(16-20)30-12-4-13-30/h2,5-9,11,15-16H,3-4,10,12-14H2,1H3,(H2,26,27,29,31). The molecule has 0 saturated carbocycles. The summed E-state index contributed by atoms with van der Waals surface area (Å²) < 4.78 is 19.2. The van der Waals surface area contributed by atoms with Crippen molar-refractivity contribution in [3.63, 3.8) is 0 Å². The molecule has 0 radical (unpaired) electrons. The number of aromatic nitrogens is 2. The third kappa shape index (κ3) is 5.51. The number of ether oxygens (including phenoxy) is 1. The van der Waals surface area contributed by atoms with E-state index in [1.165, 1.54) is 18.6 Å². The van der Waals surface area contributed by atoms with Crippen LogP contribution in [0.1, 0.15) is 18.5 Å². The molecular weight excluding hydrogens is 409 g/mol. The summed E-state index contributed by atoms with van der Waals surface area (Å²) in [7, 11) is 0. The number of carbonyl (C=O) groups is 1. The number of nitrogens with zero attached hydrogens (tertiary/aromatic N) is 3. The van der Waals surface area contributed by atoms with Crippen LogP contribution in [-0.4, -0.2) is 42.2 Å². The Balaban J connectivity index is 1.19. The average molecular weight is 436 g/mol. The normalized spacial score (nSPS) is 12.8. The van der Waals surface area contributed by atoms with Crippen molar-refractivity contribution in [1.29, 1.82) is 0 Å². The van der Waals surface area contributed by atoms with Gasteiger partial charge in [0.05, 0.1) is 18.0 Å². The fourth-order valence-corrected chi connectivity index (χ4v) is 3.36. The molecule has 3 aromatic rings. The summed E-state index contributed by atoms with van der Waals surface area (Å²) in [5, 5.41) is 5.66. The Morgan fingerprint density at radius 1 is 1.19 bits per heavy atom. The molecule has 0 atom stereocenters. The molecule has 0 unspecified atom stereocenters. The first-order valence-corrected chi connectivity index (χ1v) is 10.7. The van der Waals surface area contributed by atoms with Gasteiger partial charge in [0.25, 0.3) is 0 Å². The van der Waals surface area contributed by atoms with Crippen molar-refractivity contribution >= 4 is 17.5 Å². The van der Waals surface area contributed by atoms with Crippen LogP contribution >= 0.6 is 0 Å². The Labute approximate surface area is 186 Å². The molecule has 166 valence electrons.